The van der Waals surface area contributed by atoms with Gasteiger partial charge in [0.25, 0.3) is 5.91 Å². The number of imidazole rings is 1. The molecule has 0 spiro atoms. The number of nitrogens with one attached hydrogen (secondary N) is 4. The average molecular weight is 1090 g/mol. The van der Waals surface area contributed by atoms with E-state index in [0.717, 1.165) is 77.2 Å². The fourth-order valence-corrected chi connectivity index (χ4v) is 11.3. The molecule has 4 atom stereocenters. The number of carbonyl (C=O) groups excluding carboxylic acids is 5. The first-order chi connectivity index (χ1) is 37.5. The summed E-state index contributed by atoms with van der Waals surface area (Å²) in [7, 11) is 0. The summed E-state index contributed by atoms with van der Waals surface area (Å²) in [5.41, 5.74) is 13.5. The number of aliphatic hydroxyl groups is 1. The van der Waals surface area contributed by atoms with E-state index >= 15 is 4.39 Å². The monoisotopic (exact) mass is 1090 g/mol. The molecule has 78 heavy (non-hydrogen) atoms. The first kappa shape index (κ1) is 55.6. The number of nitrogens with two attached hydrogens (primary N) is 1. The second kappa shape index (κ2) is 24.7. The number of likely N-dealkylation sites (tertiary alicyclic amines) is 1. The minimum atomic E-state index is -0.901. The number of piperazine rings is 1. The van der Waals surface area contributed by atoms with E-state index in [9.17, 15) is 29.1 Å². The van der Waals surface area contributed by atoms with E-state index < -0.39 is 35.3 Å². The minimum absolute atomic E-state index is 0.000807. The lowest BCUT2D eigenvalue weighted by atomic mass is 9.85. The predicted octanol–water partition coefficient (Wildman–Crippen LogP) is 7.10. The third kappa shape index (κ3) is 13.6. The highest BCUT2D eigenvalue weighted by atomic mass is 32.1. The van der Waals surface area contributed by atoms with Gasteiger partial charge in [-0.15, -0.1) is 11.3 Å². The van der Waals surface area contributed by atoms with Gasteiger partial charge in [-0.1, -0.05) is 70.7 Å². The van der Waals surface area contributed by atoms with Crippen LogP contribution in [0.15, 0.2) is 72.8 Å². The fraction of sp³-hybridized carbons (Fsp3) is 0.491. The van der Waals surface area contributed by atoms with Gasteiger partial charge in [0.1, 0.15) is 17.9 Å². The molecule has 1 aliphatic carbocycles. The lowest BCUT2D eigenvalue weighted by Gasteiger charge is -2.35. The van der Waals surface area contributed by atoms with Crippen LogP contribution in [0.4, 0.5) is 15.9 Å². The van der Waals surface area contributed by atoms with Crippen molar-refractivity contribution in [3.8, 4) is 21.7 Å². The van der Waals surface area contributed by atoms with Gasteiger partial charge in [-0.2, -0.15) is 5.10 Å². The van der Waals surface area contributed by atoms with Crippen LogP contribution in [0.2, 0.25) is 0 Å². The summed E-state index contributed by atoms with van der Waals surface area (Å²) in [6.45, 7) is 10.7. The van der Waals surface area contributed by atoms with E-state index in [4.69, 9.17) is 10.7 Å². The Kier molecular flexibility index (Phi) is 17.6. The van der Waals surface area contributed by atoms with Crippen molar-refractivity contribution in [2.75, 3.05) is 44.6 Å². The number of anilines is 2. The Labute approximate surface area is 458 Å². The van der Waals surface area contributed by atoms with Gasteiger partial charge < -0.3 is 36.6 Å². The number of H-pyrrole nitrogens is 1. The van der Waals surface area contributed by atoms with Crippen LogP contribution in [0, 0.1) is 24.1 Å². The number of primary amides is 1. The summed E-state index contributed by atoms with van der Waals surface area (Å²) in [6.07, 6.45) is 14.0. The number of aliphatic hydroxyl groups excluding tert-OH is 1. The molecule has 9 rings (SSSR count). The Hall–Kier alpha value is -7.10. The summed E-state index contributed by atoms with van der Waals surface area (Å²) >= 11 is 1.57. The van der Waals surface area contributed by atoms with E-state index in [1.807, 2.05) is 68.1 Å². The number of aromatic amines is 1. The molecule has 6 aromatic rings. The Morgan fingerprint density at radius 1 is 0.936 bits per heavy atom. The van der Waals surface area contributed by atoms with Crippen LogP contribution in [0.25, 0.3) is 27.3 Å². The third-order valence-electron chi connectivity index (χ3n) is 15.3. The van der Waals surface area contributed by atoms with Crippen molar-refractivity contribution in [1.29, 1.82) is 0 Å². The first-order valence-corrected chi connectivity index (χ1v) is 28.2. The zero-order valence-electron chi connectivity index (χ0n) is 45.0. The molecule has 0 bridgehead atoms. The summed E-state index contributed by atoms with van der Waals surface area (Å²) in [5, 5.41) is 26.6. The fourth-order valence-electron chi connectivity index (χ4n) is 10.5. The van der Waals surface area contributed by atoms with Crippen LogP contribution in [0.3, 0.4) is 0 Å². The number of aryl methyl sites for hydroxylation is 1. The number of amides is 5. The minimum Gasteiger partial charge on any atom is -0.391 e. The van der Waals surface area contributed by atoms with Gasteiger partial charge in [0, 0.05) is 87.5 Å². The number of aromatic nitrogens is 6. The first-order valence-electron chi connectivity index (χ1n) is 27.3. The van der Waals surface area contributed by atoms with E-state index in [1.54, 1.807) is 47.0 Å². The second-order valence-electron chi connectivity index (χ2n) is 22.2. The number of hydrogen-bond donors (Lipinski definition) is 6. The number of β-amino-alcohol motifs (C(OH)–C–C–N with tert-alkyl or cyclic N) is 1. The van der Waals surface area contributed by atoms with Crippen LogP contribution in [0.1, 0.15) is 125 Å². The van der Waals surface area contributed by atoms with Gasteiger partial charge in [0.15, 0.2) is 11.5 Å². The second-order valence-corrected chi connectivity index (χ2v) is 23.1. The molecule has 1 unspecified atom stereocenters. The standard InChI is InChI=1S/C57H72FN13O6S/c1-35-49(78-34-62-35)38-14-12-36(13-15-38)28-61-54(75)46-27-42(72)32-71(46)56(77)50(57(2,3)4)67-48(73)11-9-7-5-6-8-10-39(51(59)74)20-21-68-22-24-69(25-23-68)55(76)40-18-19-44(43(58)26-40)65-52-53-60-31-47(41-29-63-64-30-41)70(53)33-45(66-52)37-16-17-37/h12-15,18-19,26,29-31,33-34,37,39,42,46,50,72H,5-11,16-17,20-25,27-28,32H2,1-4H3,(H2,59,74)(H,61,75)(H,63,64)(H,65,66)(H,67,73)/t39?,42-,46+,50-/m1/s1. The molecule has 3 fully saturated rings. The molecule has 414 valence electrons. The van der Waals surface area contributed by atoms with E-state index in [0.29, 0.717) is 69.4 Å². The normalized spacial score (nSPS) is 17.8. The zero-order chi connectivity index (χ0) is 55.1. The molecule has 1 saturated carbocycles. The lowest BCUT2D eigenvalue weighted by molar-refractivity contribution is -0.144. The van der Waals surface area contributed by atoms with Gasteiger partial charge in [-0.05, 0) is 80.3 Å². The quantitative estimate of drug-likeness (QED) is 0.0352. The van der Waals surface area contributed by atoms with Gasteiger partial charge in [0.2, 0.25) is 23.6 Å². The van der Waals surface area contributed by atoms with Crippen molar-refractivity contribution >= 4 is 58.0 Å². The molecule has 2 saturated heterocycles. The maximum atomic E-state index is 15.7. The van der Waals surface area contributed by atoms with Gasteiger partial charge in [-0.3, -0.25) is 38.4 Å². The molecule has 7 N–H and O–H groups in total. The number of benzene rings is 2. The van der Waals surface area contributed by atoms with E-state index in [2.05, 4.69) is 41.0 Å². The number of nitrogens with zero attached hydrogens (tertiary/aromatic N) is 8. The number of halogens is 1. The lowest BCUT2D eigenvalue weighted by Crippen LogP contribution is -2.57. The molecule has 3 aliphatic rings. The average Bonchev–Trinajstić information content (AvgIpc) is 3.85. The van der Waals surface area contributed by atoms with Crippen LogP contribution in [-0.4, -0.2) is 136 Å². The number of rotatable bonds is 23. The maximum absolute atomic E-state index is 15.7. The molecule has 2 aromatic carbocycles. The highest BCUT2D eigenvalue weighted by Crippen LogP contribution is 2.41. The van der Waals surface area contributed by atoms with E-state index in [-0.39, 0.29) is 66.7 Å². The smallest absolute Gasteiger partial charge is 0.254 e. The van der Waals surface area contributed by atoms with Crippen molar-refractivity contribution in [1.82, 2.24) is 54.9 Å². The molecule has 0 radical (unpaired) electrons. The Morgan fingerprint density at radius 2 is 1.69 bits per heavy atom. The highest BCUT2D eigenvalue weighted by Gasteiger charge is 2.44. The number of carbonyl (C=O) groups is 5. The van der Waals surface area contributed by atoms with E-state index in [1.165, 1.54) is 11.0 Å². The molecule has 4 aromatic heterocycles. The number of unbranched alkanes of at least 4 members (excludes halogenated alkanes) is 4. The van der Waals surface area contributed by atoms with Crippen LogP contribution in [-0.2, 0) is 25.7 Å². The van der Waals surface area contributed by atoms with Crippen molar-refractivity contribution < 1.29 is 33.5 Å². The van der Waals surface area contributed by atoms with Crippen molar-refractivity contribution in [2.45, 2.75) is 129 Å². The predicted molar refractivity (Wildman–Crippen MR) is 296 cm³/mol. The third-order valence-corrected chi connectivity index (χ3v) is 16.3. The van der Waals surface area contributed by atoms with Gasteiger partial charge in [0.05, 0.1) is 51.7 Å². The number of thiazole rings is 1. The van der Waals surface area contributed by atoms with Crippen molar-refractivity contribution in [3.63, 3.8) is 0 Å². The summed E-state index contributed by atoms with van der Waals surface area (Å²) in [4.78, 5) is 87.2. The Morgan fingerprint density at radius 3 is 2.37 bits per heavy atom. The number of fused-ring (bicyclic) bond motifs is 1. The zero-order valence-corrected chi connectivity index (χ0v) is 45.8. The summed E-state index contributed by atoms with van der Waals surface area (Å²) in [5.74, 6) is -1.68. The molecule has 21 heteroatoms. The largest absolute Gasteiger partial charge is 0.391 e. The van der Waals surface area contributed by atoms with Crippen LogP contribution >= 0.6 is 11.3 Å². The van der Waals surface area contributed by atoms with Crippen LogP contribution in [0.5, 0.6) is 0 Å². The molecular formula is C57H72FN13O6S. The SMILES string of the molecule is Cc1ncsc1-c1ccc(CNC(=O)[C@@H]2C[C@@H](O)CN2C(=O)[C@@H](NC(=O)CCCCCCCC(CCN2CCN(C(=O)c3ccc(Nc4nc(C5CC5)cn5c(-c6cn[nH]c6)cnc45)c(F)c3)CC2)C(N)=O)C(C)(C)C)cc1. The molecule has 6 heterocycles. The summed E-state index contributed by atoms with van der Waals surface area (Å²) in [6, 6.07) is 10.6. The maximum Gasteiger partial charge on any atom is 0.254 e. The van der Waals surface area contributed by atoms with Crippen molar-refractivity contribution in [2.24, 2.45) is 17.1 Å². The van der Waals surface area contributed by atoms with Crippen molar-refractivity contribution in [3.05, 3.63) is 101 Å². The van der Waals surface area contributed by atoms with Gasteiger partial charge >= 0.3 is 0 Å². The molecule has 19 nitrogen and oxygen atoms in total. The summed E-state index contributed by atoms with van der Waals surface area (Å²) < 4.78 is 17.7. The molecular weight excluding hydrogens is 1010 g/mol. The number of hydrogen-bond acceptors (Lipinski definition) is 13. The topological polar surface area (TPSA) is 249 Å². The molecule has 2 aliphatic heterocycles. The highest BCUT2D eigenvalue weighted by molar-refractivity contribution is 7.13. The van der Waals surface area contributed by atoms with Gasteiger partial charge in [-0.25, -0.2) is 19.3 Å². The Bertz CT molecular complexity index is 3070. The molecule has 5 amide bonds. The van der Waals surface area contributed by atoms with Crippen LogP contribution < -0.4 is 21.7 Å². The Balaban J connectivity index is 0.667.